The summed E-state index contributed by atoms with van der Waals surface area (Å²) in [5.41, 5.74) is -1.48. The normalized spacial score (nSPS) is 11.7. The number of hydrogen-bond acceptors (Lipinski definition) is 2. The van der Waals surface area contributed by atoms with Crippen LogP contribution in [0, 0.1) is 0 Å². The van der Waals surface area contributed by atoms with E-state index in [0.29, 0.717) is 5.56 Å². The smallest absolute Gasteiger partial charge is 0.310 e. The standard InChI is InChI=1S/C11H14F3N.C8H5F3O/c1-8(2)15-7-9-5-3-4-6-10(9)11(12,13)14;9-8(10,11)7-4-2-1-3-6(7)5-12/h3-6,8,15H,7H2,1-2H3;1-5H. The summed E-state index contributed by atoms with van der Waals surface area (Å²) in [5.74, 6) is 0. The van der Waals surface area contributed by atoms with Crippen molar-refractivity contribution < 1.29 is 31.1 Å². The van der Waals surface area contributed by atoms with E-state index in [-0.39, 0.29) is 24.4 Å². The van der Waals surface area contributed by atoms with Crippen molar-refractivity contribution in [1.29, 1.82) is 0 Å². The molecule has 2 aromatic carbocycles. The second kappa shape index (κ2) is 9.55. The lowest BCUT2D eigenvalue weighted by molar-refractivity contribution is -0.138. The minimum atomic E-state index is -4.45. The highest BCUT2D eigenvalue weighted by molar-refractivity contribution is 5.77. The number of halogens is 6. The largest absolute Gasteiger partial charge is 0.417 e. The fourth-order valence-corrected chi connectivity index (χ4v) is 2.12. The van der Waals surface area contributed by atoms with Crippen molar-refractivity contribution in [3.63, 3.8) is 0 Å². The lowest BCUT2D eigenvalue weighted by Gasteiger charge is -2.14. The Morgan fingerprint density at radius 3 is 1.78 bits per heavy atom. The molecule has 0 saturated heterocycles. The van der Waals surface area contributed by atoms with Crippen molar-refractivity contribution in [3.05, 3.63) is 70.8 Å². The van der Waals surface area contributed by atoms with E-state index in [9.17, 15) is 31.1 Å². The molecule has 0 saturated carbocycles. The van der Waals surface area contributed by atoms with Gasteiger partial charge in [-0.05, 0) is 17.7 Å². The maximum atomic E-state index is 12.5. The third kappa shape index (κ3) is 7.42. The molecule has 27 heavy (non-hydrogen) atoms. The zero-order chi connectivity index (χ0) is 20.7. The second-order valence-corrected chi connectivity index (χ2v) is 5.89. The van der Waals surface area contributed by atoms with Gasteiger partial charge >= 0.3 is 12.4 Å². The van der Waals surface area contributed by atoms with Gasteiger partial charge in [-0.2, -0.15) is 26.3 Å². The Balaban J connectivity index is 0.000000277. The second-order valence-electron chi connectivity index (χ2n) is 5.89. The minimum absolute atomic E-state index is 0.172. The van der Waals surface area contributed by atoms with Crippen molar-refractivity contribution in [2.24, 2.45) is 0 Å². The van der Waals surface area contributed by atoms with Crippen LogP contribution in [0.1, 0.15) is 40.9 Å². The number of benzene rings is 2. The Bertz CT molecular complexity index is 737. The van der Waals surface area contributed by atoms with Gasteiger partial charge < -0.3 is 5.32 Å². The number of hydrogen-bond donors (Lipinski definition) is 1. The number of nitrogens with one attached hydrogen (secondary N) is 1. The Hall–Kier alpha value is -2.35. The Morgan fingerprint density at radius 1 is 0.852 bits per heavy atom. The highest BCUT2D eigenvalue weighted by Gasteiger charge is 2.33. The molecular formula is C19H19F6NO. The monoisotopic (exact) mass is 391 g/mol. The van der Waals surface area contributed by atoms with E-state index < -0.39 is 23.5 Å². The molecule has 0 heterocycles. The molecule has 0 amide bonds. The Morgan fingerprint density at radius 2 is 1.33 bits per heavy atom. The van der Waals surface area contributed by atoms with E-state index in [0.717, 1.165) is 18.2 Å². The SMILES string of the molecule is CC(C)NCc1ccccc1C(F)(F)F.O=Cc1ccccc1C(F)(F)F. The summed E-state index contributed by atoms with van der Waals surface area (Å²) in [6.45, 7) is 4.04. The van der Waals surface area contributed by atoms with Crippen molar-refractivity contribution in [3.8, 4) is 0 Å². The zero-order valence-corrected chi connectivity index (χ0v) is 14.7. The number of alkyl halides is 6. The van der Waals surface area contributed by atoms with Gasteiger partial charge in [-0.15, -0.1) is 0 Å². The van der Waals surface area contributed by atoms with Crippen LogP contribution >= 0.6 is 0 Å². The van der Waals surface area contributed by atoms with Gasteiger partial charge in [-0.25, -0.2) is 0 Å². The van der Waals surface area contributed by atoms with E-state index in [1.54, 1.807) is 6.07 Å². The predicted octanol–water partition coefficient (Wildman–Crippen LogP) is 5.72. The number of rotatable bonds is 4. The van der Waals surface area contributed by atoms with Crippen molar-refractivity contribution in [2.45, 2.75) is 38.8 Å². The third-order valence-electron chi connectivity index (χ3n) is 3.42. The van der Waals surface area contributed by atoms with Crippen LogP contribution in [0.4, 0.5) is 26.3 Å². The number of aldehydes is 1. The molecule has 0 aliphatic heterocycles. The van der Waals surface area contributed by atoms with Crippen LogP contribution in [-0.2, 0) is 18.9 Å². The van der Waals surface area contributed by atoms with Crippen LogP contribution in [0.5, 0.6) is 0 Å². The van der Waals surface area contributed by atoms with E-state index in [1.807, 2.05) is 13.8 Å². The molecule has 0 unspecified atom stereocenters. The topological polar surface area (TPSA) is 29.1 Å². The molecule has 2 nitrogen and oxygen atoms in total. The van der Waals surface area contributed by atoms with Gasteiger partial charge in [-0.1, -0.05) is 50.2 Å². The highest BCUT2D eigenvalue weighted by atomic mass is 19.4. The molecule has 2 aromatic rings. The Kier molecular flexibility index (Phi) is 8.02. The average Bonchev–Trinajstić information content (AvgIpc) is 2.59. The zero-order valence-electron chi connectivity index (χ0n) is 14.7. The predicted molar refractivity (Wildman–Crippen MR) is 90.3 cm³/mol. The summed E-state index contributed by atoms with van der Waals surface area (Å²) in [6.07, 6.45) is -8.52. The summed E-state index contributed by atoms with van der Waals surface area (Å²) >= 11 is 0. The quantitative estimate of drug-likeness (QED) is 0.533. The molecular weight excluding hydrogens is 372 g/mol. The van der Waals surface area contributed by atoms with Gasteiger partial charge in [0.1, 0.15) is 0 Å². The maximum Gasteiger partial charge on any atom is 0.417 e. The van der Waals surface area contributed by atoms with Gasteiger partial charge in [0.05, 0.1) is 11.1 Å². The molecule has 0 aliphatic rings. The highest BCUT2D eigenvalue weighted by Crippen LogP contribution is 2.32. The van der Waals surface area contributed by atoms with E-state index >= 15 is 0 Å². The van der Waals surface area contributed by atoms with Crippen LogP contribution < -0.4 is 5.32 Å². The summed E-state index contributed by atoms with van der Waals surface area (Å²) in [6, 6.07) is 10.4. The van der Waals surface area contributed by atoms with Crippen molar-refractivity contribution >= 4 is 6.29 Å². The molecule has 0 spiro atoms. The Labute approximate surface area is 153 Å². The van der Waals surface area contributed by atoms with Crippen LogP contribution in [0.25, 0.3) is 0 Å². The molecule has 1 N–H and O–H groups in total. The summed E-state index contributed by atoms with van der Waals surface area (Å²) in [4.78, 5) is 10.2. The summed E-state index contributed by atoms with van der Waals surface area (Å²) in [5, 5.41) is 2.97. The molecule has 0 fully saturated rings. The van der Waals surface area contributed by atoms with Crippen LogP contribution in [0.15, 0.2) is 48.5 Å². The fraction of sp³-hybridized carbons (Fsp3) is 0.316. The van der Waals surface area contributed by atoms with E-state index in [4.69, 9.17) is 0 Å². The lowest BCUT2D eigenvalue weighted by atomic mass is 10.1. The van der Waals surface area contributed by atoms with Gasteiger partial charge in [0, 0.05) is 18.2 Å². The first-order valence-electron chi connectivity index (χ1n) is 7.96. The lowest BCUT2D eigenvalue weighted by Crippen LogP contribution is -2.23. The third-order valence-corrected chi connectivity index (χ3v) is 3.42. The van der Waals surface area contributed by atoms with Gasteiger partial charge in [-0.3, -0.25) is 4.79 Å². The molecule has 2 rings (SSSR count). The maximum absolute atomic E-state index is 12.5. The molecule has 8 heteroatoms. The van der Waals surface area contributed by atoms with Gasteiger partial charge in [0.2, 0.25) is 0 Å². The van der Waals surface area contributed by atoms with Crippen molar-refractivity contribution in [1.82, 2.24) is 5.32 Å². The molecule has 0 bridgehead atoms. The first-order chi connectivity index (χ1) is 12.5. The molecule has 0 aromatic heterocycles. The number of carbonyl (C=O) groups is 1. The molecule has 148 valence electrons. The van der Waals surface area contributed by atoms with E-state index in [2.05, 4.69) is 5.32 Å². The first kappa shape index (κ1) is 22.7. The van der Waals surface area contributed by atoms with Gasteiger partial charge in [0.25, 0.3) is 0 Å². The summed E-state index contributed by atoms with van der Waals surface area (Å²) in [7, 11) is 0. The van der Waals surface area contributed by atoms with Crippen LogP contribution in [0.3, 0.4) is 0 Å². The number of carbonyl (C=O) groups excluding carboxylic acids is 1. The molecule has 0 atom stereocenters. The molecule has 0 radical (unpaired) electrons. The van der Waals surface area contributed by atoms with Crippen LogP contribution in [-0.4, -0.2) is 12.3 Å². The average molecular weight is 391 g/mol. The van der Waals surface area contributed by atoms with Gasteiger partial charge in [0.15, 0.2) is 6.29 Å². The fourth-order valence-electron chi connectivity index (χ4n) is 2.12. The van der Waals surface area contributed by atoms with E-state index in [1.165, 1.54) is 24.3 Å². The first-order valence-corrected chi connectivity index (χ1v) is 7.96. The van der Waals surface area contributed by atoms with Crippen LogP contribution in [0.2, 0.25) is 0 Å². The molecule has 0 aliphatic carbocycles. The van der Waals surface area contributed by atoms with Crippen molar-refractivity contribution in [2.75, 3.05) is 0 Å². The summed E-state index contributed by atoms with van der Waals surface area (Å²) < 4.78 is 73.9. The minimum Gasteiger partial charge on any atom is -0.310 e.